The van der Waals surface area contributed by atoms with E-state index in [1.54, 1.807) is 60.7 Å². The molecule has 2 heterocycles. The van der Waals surface area contributed by atoms with E-state index in [0.29, 0.717) is 0 Å². The fourth-order valence-corrected chi connectivity index (χ4v) is 5.38. The van der Waals surface area contributed by atoms with Gasteiger partial charge in [0, 0.05) is 12.6 Å². The number of nitrogens with one attached hydrogen (secondary N) is 7. The van der Waals surface area contributed by atoms with Gasteiger partial charge in [0.1, 0.15) is 64.4 Å². The number of rotatable bonds is 20. The molecule has 2 aromatic carbocycles. The molecule has 0 radical (unpaired) electrons. The van der Waals surface area contributed by atoms with Crippen LogP contribution in [0.4, 0.5) is 9.59 Å². The minimum Gasteiger partial charge on any atom is -0.461 e. The average molecular weight is 918 g/mol. The molecule has 4 rings (SSSR count). The Labute approximate surface area is 353 Å². The van der Waals surface area contributed by atoms with Gasteiger partial charge in [0.2, 0.25) is 23.6 Å². The van der Waals surface area contributed by atoms with Crippen molar-refractivity contribution >= 4 is 63.7 Å². The maximum Gasteiger partial charge on any atom is 0.407 e. The first-order valence-electron chi connectivity index (χ1n) is 18.2. The lowest BCUT2D eigenvalue weighted by Gasteiger charge is -2.19. The highest BCUT2D eigenvalue weighted by molar-refractivity contribution is 9.10. The quantitative estimate of drug-likeness (QED) is 0.0494. The van der Waals surface area contributed by atoms with Crippen molar-refractivity contribution in [2.75, 3.05) is 45.9 Å². The monoisotopic (exact) mass is 916 g/mol. The number of halogens is 1. The van der Waals surface area contributed by atoms with Crippen LogP contribution in [0.25, 0.3) is 0 Å². The number of alkyl carbamates (subject to hydrolysis) is 2. The number of carbonyl (C=O) groups is 8. The Balaban J connectivity index is 1.17. The van der Waals surface area contributed by atoms with E-state index in [1.165, 1.54) is 0 Å². The third kappa shape index (κ3) is 17.0. The molecular formula is C37H41BrN8O15. The highest BCUT2D eigenvalue weighted by Crippen LogP contribution is 2.30. The summed E-state index contributed by atoms with van der Waals surface area (Å²) in [6.07, 6.45) is -4.20. The Morgan fingerprint density at radius 1 is 0.639 bits per heavy atom. The summed E-state index contributed by atoms with van der Waals surface area (Å²) in [6.45, 7) is -3.98. The normalized spacial score (nSPS) is 15.3. The van der Waals surface area contributed by atoms with Crippen LogP contribution in [0, 0.1) is 0 Å². The van der Waals surface area contributed by atoms with Gasteiger partial charge >= 0.3 is 29.8 Å². The van der Waals surface area contributed by atoms with Gasteiger partial charge in [0.05, 0.1) is 17.6 Å². The number of hydrogen-bond acceptors (Lipinski definition) is 15. The molecule has 1 aliphatic rings. The molecule has 0 bridgehead atoms. The molecule has 0 unspecified atom stereocenters. The fourth-order valence-electron chi connectivity index (χ4n) is 5.06. The second-order valence-corrected chi connectivity index (χ2v) is 13.5. The van der Waals surface area contributed by atoms with Crippen LogP contribution in [0.15, 0.2) is 80.9 Å². The van der Waals surface area contributed by atoms with Gasteiger partial charge in [-0.25, -0.2) is 14.4 Å². The van der Waals surface area contributed by atoms with Crippen molar-refractivity contribution in [2.24, 2.45) is 0 Å². The van der Waals surface area contributed by atoms with Crippen LogP contribution >= 0.6 is 15.9 Å². The first kappa shape index (κ1) is 46.6. The lowest BCUT2D eigenvalue weighted by molar-refractivity contribution is -0.158. The molecule has 326 valence electrons. The van der Waals surface area contributed by atoms with Crippen molar-refractivity contribution in [1.29, 1.82) is 0 Å². The molecule has 1 fully saturated rings. The highest BCUT2D eigenvalue weighted by atomic mass is 79.9. The smallest absolute Gasteiger partial charge is 0.407 e. The van der Waals surface area contributed by atoms with Gasteiger partial charge in [-0.2, -0.15) is 0 Å². The Morgan fingerprint density at radius 2 is 1.10 bits per heavy atom. The van der Waals surface area contributed by atoms with E-state index in [1.807, 2.05) is 0 Å². The van der Waals surface area contributed by atoms with E-state index in [4.69, 9.17) is 23.7 Å². The number of esters is 2. The lowest BCUT2D eigenvalue weighted by Crippen LogP contribution is -2.44. The maximum atomic E-state index is 12.7. The number of carbonyl (C=O) groups excluding carboxylic acids is 8. The van der Waals surface area contributed by atoms with Crippen LogP contribution in [-0.4, -0.2) is 115 Å². The molecule has 0 spiro atoms. The van der Waals surface area contributed by atoms with Crippen LogP contribution in [-0.2, 0) is 65.7 Å². The predicted octanol–water partition coefficient (Wildman–Crippen LogP) is -1.64. The summed E-state index contributed by atoms with van der Waals surface area (Å²) in [6, 6.07) is 17.7. The molecular weight excluding hydrogens is 876 g/mol. The zero-order chi connectivity index (χ0) is 44.1. The van der Waals surface area contributed by atoms with Crippen molar-refractivity contribution in [3.8, 4) is 0 Å². The molecule has 3 atom stereocenters. The zero-order valence-electron chi connectivity index (χ0n) is 32.1. The number of H-pyrrole nitrogens is 1. The molecule has 61 heavy (non-hydrogen) atoms. The predicted molar refractivity (Wildman–Crippen MR) is 210 cm³/mol. The van der Waals surface area contributed by atoms with Gasteiger partial charge in [-0.15, -0.1) is 0 Å². The maximum absolute atomic E-state index is 12.7. The molecule has 23 nitrogen and oxygen atoms in total. The summed E-state index contributed by atoms with van der Waals surface area (Å²) in [7, 11) is 0. The van der Waals surface area contributed by atoms with Crippen molar-refractivity contribution in [3.63, 3.8) is 0 Å². The van der Waals surface area contributed by atoms with E-state index in [9.17, 15) is 47.9 Å². The standard InChI is InChI=1S/C37H41BrN8O15/c38-24-18-46(35(54)45-34(24)53)31-11-25(61-33(52)17-42-28(48)13-40-30(50)15-44-37(56)59-20-23-9-5-2-6-10-23)26(60-31)21-57-32(51)16-41-27(47)12-39-29(49)14-43-36(55)58-19-22-7-3-1-4-8-22/h1-10,18,25-26,31H,11-17,19-21H2,(H,39,49)(H,40,50)(H,41,47)(H,42,48)(H,43,55)(H,44,56)(H,45,53,54)/t25-,26+,31+/m0/s1. The van der Waals surface area contributed by atoms with Gasteiger partial charge in [-0.05, 0) is 27.1 Å². The van der Waals surface area contributed by atoms with Crippen molar-refractivity contribution in [2.45, 2.75) is 38.1 Å². The first-order valence-corrected chi connectivity index (χ1v) is 19.0. The van der Waals surface area contributed by atoms with E-state index in [-0.39, 0.29) is 24.1 Å². The molecule has 1 aliphatic heterocycles. The zero-order valence-corrected chi connectivity index (χ0v) is 33.7. The molecule has 24 heteroatoms. The van der Waals surface area contributed by atoms with Gasteiger partial charge < -0.3 is 55.6 Å². The average Bonchev–Trinajstić information content (AvgIpc) is 3.65. The Bertz CT molecular complexity index is 2150. The SMILES string of the molecule is O=C(CNC(=O)CNC(=O)OCc1ccccc1)NCC(=O)OC[C@H]1O[C@@H](n2cc(Br)c(=O)[nH]c2=O)C[C@@H]1OC(=O)CNC(=O)CNC(=O)CNC(=O)OCc1ccccc1. The third-order valence-electron chi connectivity index (χ3n) is 8.07. The summed E-state index contributed by atoms with van der Waals surface area (Å²) in [5.41, 5.74) is -0.0931. The van der Waals surface area contributed by atoms with E-state index < -0.39 is 123 Å². The minimum atomic E-state index is -1.18. The van der Waals surface area contributed by atoms with Crippen molar-refractivity contribution in [1.82, 2.24) is 41.5 Å². The molecule has 1 aromatic heterocycles. The number of aromatic amines is 1. The van der Waals surface area contributed by atoms with Crippen LogP contribution < -0.4 is 43.1 Å². The molecule has 0 aliphatic carbocycles. The third-order valence-corrected chi connectivity index (χ3v) is 8.64. The van der Waals surface area contributed by atoms with E-state index >= 15 is 0 Å². The van der Waals surface area contributed by atoms with Gasteiger partial charge in [0.15, 0.2) is 0 Å². The second kappa shape index (κ2) is 24.1. The molecule has 6 amide bonds. The van der Waals surface area contributed by atoms with Crippen molar-refractivity contribution in [3.05, 3.63) is 103 Å². The summed E-state index contributed by atoms with van der Waals surface area (Å²) >= 11 is 3.02. The van der Waals surface area contributed by atoms with E-state index in [0.717, 1.165) is 21.9 Å². The van der Waals surface area contributed by atoms with Crippen LogP contribution in [0.1, 0.15) is 23.8 Å². The lowest BCUT2D eigenvalue weighted by atomic mass is 10.2. The Morgan fingerprint density at radius 3 is 1.61 bits per heavy atom. The first-order chi connectivity index (χ1) is 29.2. The molecule has 0 saturated carbocycles. The Hall–Kier alpha value is -7.08. The number of nitrogens with zero attached hydrogens (tertiary/aromatic N) is 1. The largest absolute Gasteiger partial charge is 0.461 e. The minimum absolute atomic E-state index is 0.0122. The Kier molecular flexibility index (Phi) is 18.4. The number of amides is 6. The summed E-state index contributed by atoms with van der Waals surface area (Å²) in [5, 5.41) is 13.5. The van der Waals surface area contributed by atoms with Gasteiger partial charge in [0.25, 0.3) is 5.56 Å². The molecule has 7 N–H and O–H groups in total. The van der Waals surface area contributed by atoms with Crippen LogP contribution in [0.2, 0.25) is 0 Å². The van der Waals surface area contributed by atoms with Crippen molar-refractivity contribution < 1.29 is 62.0 Å². The van der Waals surface area contributed by atoms with E-state index in [2.05, 4.69) is 52.8 Å². The molecule has 1 saturated heterocycles. The van der Waals surface area contributed by atoms with Crippen LogP contribution in [0.5, 0.6) is 0 Å². The fraction of sp³-hybridized carbons (Fsp3) is 0.351. The van der Waals surface area contributed by atoms with Gasteiger partial charge in [-0.3, -0.25) is 43.1 Å². The second-order valence-electron chi connectivity index (χ2n) is 12.7. The number of benzene rings is 2. The highest BCUT2D eigenvalue weighted by Gasteiger charge is 2.40. The number of aromatic nitrogens is 2. The summed E-state index contributed by atoms with van der Waals surface area (Å²) in [4.78, 5) is 124. The topological polar surface area (TPSA) is 310 Å². The summed E-state index contributed by atoms with van der Waals surface area (Å²) in [5.74, 6) is -4.94. The van der Waals surface area contributed by atoms with Gasteiger partial charge in [-0.1, -0.05) is 60.7 Å². The molecule has 3 aromatic rings. The van der Waals surface area contributed by atoms with Crippen LogP contribution in [0.3, 0.4) is 0 Å². The number of ether oxygens (including phenoxy) is 5. The summed E-state index contributed by atoms with van der Waals surface area (Å²) < 4.78 is 27.5. The number of hydrogen-bond donors (Lipinski definition) is 7.